The maximum Gasteiger partial charge on any atom is 0.154 e. The number of nitrogens with zero attached hydrogens (tertiary/aromatic N) is 1. The molecule has 1 unspecified atom stereocenters. The summed E-state index contributed by atoms with van der Waals surface area (Å²) in [6, 6.07) is 10.3. The van der Waals surface area contributed by atoms with E-state index in [1.54, 1.807) is 0 Å². The fourth-order valence-corrected chi connectivity index (χ4v) is 1.82. The first kappa shape index (κ1) is 14.3. The Bertz CT molecular complexity index is 445. The van der Waals surface area contributed by atoms with Crippen molar-refractivity contribution in [2.45, 2.75) is 12.5 Å². The Morgan fingerprint density at radius 1 is 1.17 bits per heavy atom. The molecule has 0 heterocycles. The van der Waals surface area contributed by atoms with Crippen molar-refractivity contribution in [3.8, 4) is 11.8 Å². The van der Waals surface area contributed by atoms with Gasteiger partial charge in [-0.1, -0.05) is 36.8 Å². The van der Waals surface area contributed by atoms with Crippen molar-refractivity contribution in [2.75, 3.05) is 20.6 Å². The highest BCUT2D eigenvalue weighted by Gasteiger charge is 2.23. The normalized spacial score (nSPS) is 12.1. The summed E-state index contributed by atoms with van der Waals surface area (Å²) in [6.07, 6.45) is 4.77. The van der Waals surface area contributed by atoms with Crippen LogP contribution < -0.4 is 0 Å². The van der Waals surface area contributed by atoms with E-state index in [-0.39, 0.29) is 6.04 Å². The fourth-order valence-electron chi connectivity index (χ4n) is 1.82. The van der Waals surface area contributed by atoms with Gasteiger partial charge < -0.3 is 4.48 Å². The van der Waals surface area contributed by atoms with Gasteiger partial charge in [0.25, 0.3) is 0 Å². The lowest BCUT2D eigenvalue weighted by atomic mass is 10.1. The Labute approximate surface area is 111 Å². The molecular formula is C17H22N+. The molecule has 0 N–H and O–H groups in total. The van der Waals surface area contributed by atoms with Gasteiger partial charge in [-0.15, -0.1) is 6.58 Å². The Hall–Kier alpha value is -1.78. The summed E-state index contributed by atoms with van der Waals surface area (Å²) >= 11 is 0. The molecule has 0 amide bonds. The zero-order valence-corrected chi connectivity index (χ0v) is 11.4. The molecule has 1 nitrogen and oxygen atoms in total. The van der Waals surface area contributed by atoms with E-state index in [9.17, 15) is 0 Å². The number of hydrogen-bond donors (Lipinski definition) is 0. The first-order valence-electron chi connectivity index (χ1n) is 6.21. The average Bonchev–Trinajstić information content (AvgIpc) is 2.35. The third kappa shape index (κ3) is 4.24. The van der Waals surface area contributed by atoms with Gasteiger partial charge in [0.2, 0.25) is 0 Å². The molecule has 0 aromatic heterocycles. The molecular weight excluding hydrogens is 218 g/mol. The third-order valence-electron chi connectivity index (χ3n) is 2.99. The molecule has 94 valence electrons. The van der Waals surface area contributed by atoms with E-state index in [2.05, 4.69) is 39.1 Å². The maximum absolute atomic E-state index is 3.83. The molecule has 0 fully saturated rings. The largest absolute Gasteiger partial charge is 0.312 e. The quantitative estimate of drug-likeness (QED) is 0.421. The van der Waals surface area contributed by atoms with Crippen molar-refractivity contribution in [1.29, 1.82) is 0 Å². The summed E-state index contributed by atoms with van der Waals surface area (Å²) in [5, 5.41) is 0. The second-order valence-electron chi connectivity index (χ2n) is 4.93. The SMILES string of the molecule is C=CCC(C#Cc1ccccc1)[N+](C)(C)CC=C. The summed E-state index contributed by atoms with van der Waals surface area (Å²) in [5.74, 6) is 6.61. The highest BCUT2D eigenvalue weighted by Crippen LogP contribution is 2.11. The average molecular weight is 240 g/mol. The van der Waals surface area contributed by atoms with E-state index >= 15 is 0 Å². The molecule has 1 aromatic rings. The summed E-state index contributed by atoms with van der Waals surface area (Å²) in [5.41, 5.74) is 1.06. The van der Waals surface area contributed by atoms with Gasteiger partial charge in [0.05, 0.1) is 20.6 Å². The monoisotopic (exact) mass is 240 g/mol. The van der Waals surface area contributed by atoms with Gasteiger partial charge in [-0.05, 0) is 24.1 Å². The van der Waals surface area contributed by atoms with Gasteiger partial charge in [0.15, 0.2) is 6.04 Å². The zero-order chi connectivity index (χ0) is 13.4. The van der Waals surface area contributed by atoms with E-state index in [0.717, 1.165) is 23.0 Å². The first-order valence-corrected chi connectivity index (χ1v) is 6.21. The molecule has 1 heteroatoms. The molecule has 1 aromatic carbocycles. The van der Waals surface area contributed by atoms with Crippen LogP contribution in [0, 0.1) is 11.8 Å². The summed E-state index contributed by atoms with van der Waals surface area (Å²) in [7, 11) is 4.35. The summed E-state index contributed by atoms with van der Waals surface area (Å²) in [6.45, 7) is 8.55. The molecule has 0 saturated heterocycles. The van der Waals surface area contributed by atoms with E-state index in [1.165, 1.54) is 0 Å². The van der Waals surface area contributed by atoms with Crippen LogP contribution >= 0.6 is 0 Å². The van der Waals surface area contributed by atoms with Crippen LogP contribution in [0.15, 0.2) is 55.6 Å². The molecule has 1 atom stereocenters. The van der Waals surface area contributed by atoms with Gasteiger partial charge in [0, 0.05) is 12.0 Å². The zero-order valence-electron chi connectivity index (χ0n) is 11.4. The second kappa shape index (κ2) is 6.83. The van der Waals surface area contributed by atoms with E-state index in [0.29, 0.717) is 0 Å². The molecule has 0 spiro atoms. The van der Waals surface area contributed by atoms with Crippen molar-refractivity contribution in [3.05, 3.63) is 61.2 Å². The van der Waals surface area contributed by atoms with Crippen molar-refractivity contribution < 1.29 is 4.48 Å². The number of benzene rings is 1. The maximum atomic E-state index is 3.83. The van der Waals surface area contributed by atoms with Crippen LogP contribution in [0.3, 0.4) is 0 Å². The lowest BCUT2D eigenvalue weighted by molar-refractivity contribution is -0.900. The van der Waals surface area contributed by atoms with Crippen LogP contribution in [-0.2, 0) is 0 Å². The Morgan fingerprint density at radius 2 is 1.83 bits per heavy atom. The number of likely N-dealkylation sites (N-methyl/N-ethyl adjacent to an activating group) is 1. The molecule has 1 rings (SSSR count). The smallest absolute Gasteiger partial charge is 0.154 e. The summed E-state index contributed by atoms with van der Waals surface area (Å²) < 4.78 is 0.815. The lowest BCUT2D eigenvalue weighted by Gasteiger charge is -2.33. The van der Waals surface area contributed by atoms with E-state index in [1.807, 2.05) is 42.5 Å². The number of quaternary nitrogens is 1. The number of rotatable bonds is 5. The molecule has 0 aliphatic heterocycles. The van der Waals surface area contributed by atoms with Crippen molar-refractivity contribution in [1.82, 2.24) is 0 Å². The van der Waals surface area contributed by atoms with Crippen LogP contribution in [0.5, 0.6) is 0 Å². The molecule has 0 bridgehead atoms. The third-order valence-corrected chi connectivity index (χ3v) is 2.99. The van der Waals surface area contributed by atoms with E-state index in [4.69, 9.17) is 0 Å². The highest BCUT2D eigenvalue weighted by atomic mass is 15.3. The Kier molecular flexibility index (Phi) is 5.42. The minimum absolute atomic E-state index is 0.251. The Morgan fingerprint density at radius 3 is 2.39 bits per heavy atom. The fraction of sp³-hybridized carbons (Fsp3) is 0.294. The molecule has 18 heavy (non-hydrogen) atoms. The molecule has 0 saturated carbocycles. The van der Waals surface area contributed by atoms with Crippen LogP contribution in [0.4, 0.5) is 0 Å². The highest BCUT2D eigenvalue weighted by molar-refractivity contribution is 5.34. The number of hydrogen-bond acceptors (Lipinski definition) is 0. The van der Waals surface area contributed by atoms with Crippen molar-refractivity contribution in [2.24, 2.45) is 0 Å². The van der Waals surface area contributed by atoms with Gasteiger partial charge >= 0.3 is 0 Å². The summed E-state index contributed by atoms with van der Waals surface area (Å²) in [4.78, 5) is 0. The molecule has 0 radical (unpaired) electrons. The van der Waals surface area contributed by atoms with E-state index < -0.39 is 0 Å². The molecule has 0 aliphatic carbocycles. The van der Waals surface area contributed by atoms with Crippen LogP contribution in [0.25, 0.3) is 0 Å². The van der Waals surface area contributed by atoms with Crippen LogP contribution in [0.2, 0.25) is 0 Å². The minimum Gasteiger partial charge on any atom is -0.312 e. The van der Waals surface area contributed by atoms with Crippen LogP contribution in [0.1, 0.15) is 12.0 Å². The minimum atomic E-state index is 0.251. The Balaban J connectivity index is 2.90. The van der Waals surface area contributed by atoms with Gasteiger partial charge in [-0.2, -0.15) is 0 Å². The van der Waals surface area contributed by atoms with Gasteiger partial charge in [-0.25, -0.2) is 0 Å². The predicted octanol–water partition coefficient (Wildman–Crippen LogP) is 3.25. The first-order chi connectivity index (χ1) is 8.60. The van der Waals surface area contributed by atoms with Crippen molar-refractivity contribution >= 4 is 0 Å². The molecule has 0 aliphatic rings. The van der Waals surface area contributed by atoms with Crippen LogP contribution in [-0.4, -0.2) is 31.2 Å². The standard InChI is InChI=1S/C17H22N/c1-5-10-17(18(3,4)15-6-2)14-13-16-11-8-7-9-12-16/h5-9,11-12,17H,1-2,10,15H2,3-4H3/q+1. The lowest BCUT2D eigenvalue weighted by Crippen LogP contribution is -2.48. The topological polar surface area (TPSA) is 0 Å². The van der Waals surface area contributed by atoms with Crippen molar-refractivity contribution in [3.63, 3.8) is 0 Å². The van der Waals surface area contributed by atoms with Gasteiger partial charge in [-0.3, -0.25) is 0 Å². The second-order valence-corrected chi connectivity index (χ2v) is 4.93. The predicted molar refractivity (Wildman–Crippen MR) is 79.1 cm³/mol. The van der Waals surface area contributed by atoms with Gasteiger partial charge in [0.1, 0.15) is 0 Å².